The minimum atomic E-state index is 0.169. The molecule has 1 aromatic heterocycles. The smallest absolute Gasteiger partial charge is 0.121 e. The second kappa shape index (κ2) is 6.79. The number of anilines is 1. The van der Waals surface area contributed by atoms with E-state index in [9.17, 15) is 0 Å². The molecule has 3 aromatic rings. The Morgan fingerprint density at radius 2 is 1.58 bits per heavy atom. The van der Waals surface area contributed by atoms with Gasteiger partial charge < -0.3 is 14.8 Å². The zero-order valence-electron chi connectivity index (χ0n) is 14.5. The van der Waals surface area contributed by atoms with Gasteiger partial charge in [0.15, 0.2) is 0 Å². The fourth-order valence-electron chi connectivity index (χ4n) is 2.80. The van der Waals surface area contributed by atoms with Gasteiger partial charge >= 0.3 is 0 Å². The van der Waals surface area contributed by atoms with Gasteiger partial charge in [-0.15, -0.1) is 0 Å². The lowest BCUT2D eigenvalue weighted by Gasteiger charge is -2.18. The van der Waals surface area contributed by atoms with Crippen LogP contribution in [0, 0.1) is 6.92 Å². The average molecular weight is 322 g/mol. The SMILES string of the molecule is COc1ccc(C(C)Nc2cc(C)nc3cc(OC)ccc23)cc1. The Morgan fingerprint density at radius 1 is 0.917 bits per heavy atom. The van der Waals surface area contributed by atoms with Gasteiger partial charge in [0.1, 0.15) is 11.5 Å². The molecule has 4 heteroatoms. The number of nitrogens with zero attached hydrogens (tertiary/aromatic N) is 1. The number of pyridine rings is 1. The first-order chi connectivity index (χ1) is 11.6. The van der Waals surface area contributed by atoms with Crippen LogP contribution in [-0.4, -0.2) is 19.2 Å². The minimum Gasteiger partial charge on any atom is -0.497 e. The molecule has 124 valence electrons. The lowest BCUT2D eigenvalue weighted by Crippen LogP contribution is -2.07. The number of methoxy groups -OCH3 is 2. The van der Waals surface area contributed by atoms with Crippen LogP contribution in [0.4, 0.5) is 5.69 Å². The first-order valence-corrected chi connectivity index (χ1v) is 7.96. The highest BCUT2D eigenvalue weighted by Gasteiger charge is 2.10. The molecule has 1 atom stereocenters. The molecule has 2 aromatic carbocycles. The standard InChI is InChI=1S/C20H22N2O2/c1-13-11-19(18-10-9-17(24-4)12-20(18)21-13)22-14(2)15-5-7-16(23-3)8-6-15/h5-12,14H,1-4H3,(H,21,22). The van der Waals surface area contributed by atoms with E-state index < -0.39 is 0 Å². The number of benzene rings is 2. The number of hydrogen-bond acceptors (Lipinski definition) is 4. The van der Waals surface area contributed by atoms with E-state index in [1.807, 2.05) is 37.3 Å². The number of nitrogens with one attached hydrogen (secondary N) is 1. The third kappa shape index (κ3) is 3.27. The Balaban J connectivity index is 1.93. The van der Waals surface area contributed by atoms with Crippen molar-refractivity contribution in [1.82, 2.24) is 4.98 Å². The normalized spacial score (nSPS) is 12.0. The molecule has 0 fully saturated rings. The van der Waals surface area contributed by atoms with Crippen LogP contribution in [0.3, 0.4) is 0 Å². The van der Waals surface area contributed by atoms with Gasteiger partial charge in [-0.25, -0.2) is 0 Å². The molecule has 0 bridgehead atoms. The maximum atomic E-state index is 5.30. The molecule has 1 unspecified atom stereocenters. The molecule has 1 heterocycles. The van der Waals surface area contributed by atoms with Crippen molar-refractivity contribution in [1.29, 1.82) is 0 Å². The number of aryl methyl sites for hydroxylation is 1. The maximum Gasteiger partial charge on any atom is 0.121 e. The number of aromatic nitrogens is 1. The van der Waals surface area contributed by atoms with Gasteiger partial charge in [-0.3, -0.25) is 4.98 Å². The van der Waals surface area contributed by atoms with Crippen LogP contribution in [0.5, 0.6) is 11.5 Å². The van der Waals surface area contributed by atoms with E-state index in [1.165, 1.54) is 5.56 Å². The van der Waals surface area contributed by atoms with Crippen molar-refractivity contribution in [2.45, 2.75) is 19.9 Å². The predicted octanol–water partition coefficient (Wildman–Crippen LogP) is 4.73. The largest absolute Gasteiger partial charge is 0.497 e. The summed E-state index contributed by atoms with van der Waals surface area (Å²) < 4.78 is 10.5. The fraction of sp³-hybridized carbons (Fsp3) is 0.250. The van der Waals surface area contributed by atoms with E-state index in [2.05, 4.69) is 35.4 Å². The quantitative estimate of drug-likeness (QED) is 0.737. The summed E-state index contributed by atoms with van der Waals surface area (Å²) in [6, 6.07) is 16.3. The Hall–Kier alpha value is -2.75. The van der Waals surface area contributed by atoms with E-state index in [0.29, 0.717) is 0 Å². The van der Waals surface area contributed by atoms with E-state index in [4.69, 9.17) is 9.47 Å². The van der Waals surface area contributed by atoms with Crippen molar-refractivity contribution in [2.24, 2.45) is 0 Å². The minimum absolute atomic E-state index is 0.169. The third-order valence-corrected chi connectivity index (χ3v) is 4.13. The lowest BCUT2D eigenvalue weighted by molar-refractivity contribution is 0.414. The van der Waals surface area contributed by atoms with E-state index in [0.717, 1.165) is 33.8 Å². The molecule has 0 aliphatic carbocycles. The van der Waals surface area contributed by atoms with Crippen LogP contribution in [0.25, 0.3) is 10.9 Å². The van der Waals surface area contributed by atoms with Crippen molar-refractivity contribution >= 4 is 16.6 Å². The third-order valence-electron chi connectivity index (χ3n) is 4.13. The summed E-state index contributed by atoms with van der Waals surface area (Å²) in [4.78, 5) is 4.61. The molecule has 0 saturated heterocycles. The van der Waals surface area contributed by atoms with Crippen LogP contribution in [0.15, 0.2) is 48.5 Å². The van der Waals surface area contributed by atoms with E-state index in [-0.39, 0.29) is 6.04 Å². The summed E-state index contributed by atoms with van der Waals surface area (Å²) in [5.74, 6) is 1.68. The molecule has 0 aliphatic heterocycles. The molecule has 3 rings (SSSR count). The summed E-state index contributed by atoms with van der Waals surface area (Å²) in [6.45, 7) is 4.15. The topological polar surface area (TPSA) is 43.4 Å². The highest BCUT2D eigenvalue weighted by Crippen LogP contribution is 2.29. The lowest BCUT2D eigenvalue weighted by atomic mass is 10.1. The van der Waals surface area contributed by atoms with Crippen LogP contribution < -0.4 is 14.8 Å². The average Bonchev–Trinajstić information content (AvgIpc) is 2.61. The van der Waals surface area contributed by atoms with Crippen molar-refractivity contribution in [3.8, 4) is 11.5 Å². The van der Waals surface area contributed by atoms with Gasteiger partial charge in [-0.05, 0) is 49.7 Å². The summed E-state index contributed by atoms with van der Waals surface area (Å²) in [6.07, 6.45) is 0. The van der Waals surface area contributed by atoms with E-state index >= 15 is 0 Å². The second-order valence-electron chi connectivity index (χ2n) is 5.83. The number of rotatable bonds is 5. The zero-order chi connectivity index (χ0) is 17.1. The molecule has 0 amide bonds. The Morgan fingerprint density at radius 3 is 2.25 bits per heavy atom. The maximum absolute atomic E-state index is 5.30. The summed E-state index contributed by atoms with van der Waals surface area (Å²) >= 11 is 0. The van der Waals surface area contributed by atoms with Crippen LogP contribution in [-0.2, 0) is 0 Å². The molecular weight excluding hydrogens is 300 g/mol. The number of fused-ring (bicyclic) bond motifs is 1. The molecule has 1 N–H and O–H groups in total. The van der Waals surface area contributed by atoms with Crippen molar-refractivity contribution in [2.75, 3.05) is 19.5 Å². The van der Waals surface area contributed by atoms with Gasteiger partial charge in [0, 0.05) is 28.9 Å². The summed E-state index contributed by atoms with van der Waals surface area (Å²) in [7, 11) is 3.35. The molecular formula is C20H22N2O2. The van der Waals surface area contributed by atoms with Gasteiger partial charge in [-0.2, -0.15) is 0 Å². The van der Waals surface area contributed by atoms with Crippen molar-refractivity contribution < 1.29 is 9.47 Å². The van der Waals surface area contributed by atoms with Crippen molar-refractivity contribution in [3.63, 3.8) is 0 Å². The highest BCUT2D eigenvalue weighted by molar-refractivity contribution is 5.92. The second-order valence-corrected chi connectivity index (χ2v) is 5.83. The zero-order valence-corrected chi connectivity index (χ0v) is 14.5. The molecule has 0 aliphatic rings. The van der Waals surface area contributed by atoms with Crippen LogP contribution in [0.2, 0.25) is 0 Å². The van der Waals surface area contributed by atoms with Crippen LogP contribution >= 0.6 is 0 Å². The monoisotopic (exact) mass is 322 g/mol. The van der Waals surface area contributed by atoms with Crippen LogP contribution in [0.1, 0.15) is 24.2 Å². The van der Waals surface area contributed by atoms with Gasteiger partial charge in [0.05, 0.1) is 19.7 Å². The molecule has 4 nitrogen and oxygen atoms in total. The first kappa shape index (κ1) is 16.1. The molecule has 0 spiro atoms. The van der Waals surface area contributed by atoms with Crippen molar-refractivity contribution in [3.05, 3.63) is 59.8 Å². The van der Waals surface area contributed by atoms with Gasteiger partial charge in [0.2, 0.25) is 0 Å². The van der Waals surface area contributed by atoms with Gasteiger partial charge in [0.25, 0.3) is 0 Å². The first-order valence-electron chi connectivity index (χ1n) is 7.96. The molecule has 0 saturated carbocycles. The summed E-state index contributed by atoms with van der Waals surface area (Å²) in [5, 5.41) is 4.68. The Bertz CT molecular complexity index is 844. The highest BCUT2D eigenvalue weighted by atomic mass is 16.5. The Kier molecular flexibility index (Phi) is 4.56. The Labute approximate surface area is 142 Å². The summed E-state index contributed by atoms with van der Waals surface area (Å²) in [5.41, 5.74) is 4.18. The number of hydrogen-bond donors (Lipinski definition) is 1. The molecule has 24 heavy (non-hydrogen) atoms. The fourth-order valence-corrected chi connectivity index (χ4v) is 2.80. The molecule has 0 radical (unpaired) electrons. The number of ether oxygens (including phenoxy) is 2. The predicted molar refractivity (Wildman–Crippen MR) is 98.1 cm³/mol. The van der Waals surface area contributed by atoms with Gasteiger partial charge in [-0.1, -0.05) is 12.1 Å². The van der Waals surface area contributed by atoms with E-state index in [1.54, 1.807) is 14.2 Å².